The Kier molecular flexibility index (Phi) is 10.6. The van der Waals surface area contributed by atoms with Crippen molar-refractivity contribution in [1.29, 1.82) is 0 Å². The maximum atomic E-state index is 9.16. The summed E-state index contributed by atoms with van der Waals surface area (Å²) in [6.07, 6.45) is 18.2. The van der Waals surface area contributed by atoms with Crippen molar-refractivity contribution < 1.29 is 5.21 Å². The maximum absolute atomic E-state index is 9.16. The van der Waals surface area contributed by atoms with E-state index < -0.39 is 0 Å². The van der Waals surface area contributed by atoms with Crippen molar-refractivity contribution in [2.75, 3.05) is 13.6 Å². The van der Waals surface area contributed by atoms with Gasteiger partial charge >= 0.3 is 0 Å². The monoisotopic (exact) mass is 304 g/mol. The molecule has 3 heteroatoms. The molecule has 0 fully saturated rings. The molecule has 0 spiro atoms. The van der Waals surface area contributed by atoms with Gasteiger partial charge in [0.25, 0.3) is 0 Å². The Labute approximate surface area is 136 Å². The highest BCUT2D eigenvalue weighted by Crippen LogP contribution is 2.11. The molecular weight excluding hydrogens is 272 g/mol. The number of unbranched alkanes of at least 4 members (excludes halogenated alkanes) is 4. The van der Waals surface area contributed by atoms with E-state index in [1.54, 1.807) is 7.05 Å². The standard InChI is InChI=1S/C19H32N2O/c1-18(17-21(2)22)12-9-7-5-3-4-6-8-10-13-19-14-11-15-20-16-19/h3-4,11,14-16,18,22H,5-10,12-13,17H2,1-2H3/t18-/m1/s1. The molecule has 1 N–H and O–H groups in total. The molecule has 0 unspecified atom stereocenters. The molecule has 0 saturated heterocycles. The van der Waals surface area contributed by atoms with Crippen LogP contribution >= 0.6 is 0 Å². The van der Waals surface area contributed by atoms with Crippen LogP contribution in [0.15, 0.2) is 36.7 Å². The zero-order valence-corrected chi connectivity index (χ0v) is 14.2. The van der Waals surface area contributed by atoms with Gasteiger partial charge in [-0.2, -0.15) is 5.06 Å². The zero-order valence-electron chi connectivity index (χ0n) is 14.2. The first-order valence-electron chi connectivity index (χ1n) is 8.62. The molecule has 1 aromatic rings. The molecule has 0 radical (unpaired) electrons. The number of aromatic nitrogens is 1. The van der Waals surface area contributed by atoms with E-state index in [2.05, 4.69) is 30.1 Å². The number of allylic oxidation sites excluding steroid dienone is 2. The molecule has 1 aromatic heterocycles. The van der Waals surface area contributed by atoms with Gasteiger partial charge in [0.1, 0.15) is 0 Å². The number of nitrogens with zero attached hydrogens (tertiary/aromatic N) is 2. The summed E-state index contributed by atoms with van der Waals surface area (Å²) >= 11 is 0. The van der Waals surface area contributed by atoms with Gasteiger partial charge in [0.05, 0.1) is 0 Å². The van der Waals surface area contributed by atoms with Crippen LogP contribution in [0, 0.1) is 5.92 Å². The van der Waals surface area contributed by atoms with Crippen molar-refractivity contribution in [2.24, 2.45) is 5.92 Å². The third-order valence-corrected chi connectivity index (χ3v) is 3.87. The molecule has 22 heavy (non-hydrogen) atoms. The Bertz CT molecular complexity index is 390. The lowest BCUT2D eigenvalue weighted by Gasteiger charge is -2.14. The largest absolute Gasteiger partial charge is 0.314 e. The Morgan fingerprint density at radius 1 is 1.18 bits per heavy atom. The van der Waals surface area contributed by atoms with Crippen LogP contribution in [0.3, 0.4) is 0 Å². The van der Waals surface area contributed by atoms with Crippen LogP contribution in [-0.2, 0) is 6.42 Å². The van der Waals surface area contributed by atoms with Crippen molar-refractivity contribution in [2.45, 2.75) is 58.3 Å². The molecule has 0 aromatic carbocycles. The Morgan fingerprint density at radius 2 is 1.91 bits per heavy atom. The zero-order chi connectivity index (χ0) is 16.0. The van der Waals surface area contributed by atoms with Gasteiger partial charge in [0, 0.05) is 26.0 Å². The fourth-order valence-corrected chi connectivity index (χ4v) is 2.67. The van der Waals surface area contributed by atoms with Crippen molar-refractivity contribution in [3.8, 4) is 0 Å². The average molecular weight is 304 g/mol. The highest BCUT2D eigenvalue weighted by atomic mass is 16.5. The van der Waals surface area contributed by atoms with Gasteiger partial charge in [-0.05, 0) is 62.5 Å². The molecule has 124 valence electrons. The molecule has 1 heterocycles. The smallest absolute Gasteiger partial charge is 0.0299 e. The van der Waals surface area contributed by atoms with Gasteiger partial charge in [0.15, 0.2) is 0 Å². The topological polar surface area (TPSA) is 36.4 Å². The molecule has 0 aliphatic heterocycles. The van der Waals surface area contributed by atoms with Crippen LogP contribution in [0.5, 0.6) is 0 Å². The minimum Gasteiger partial charge on any atom is -0.314 e. The van der Waals surface area contributed by atoms with Crippen molar-refractivity contribution >= 4 is 0 Å². The van der Waals surface area contributed by atoms with E-state index in [0.29, 0.717) is 5.92 Å². The van der Waals surface area contributed by atoms with Crippen LogP contribution in [0.4, 0.5) is 0 Å². The number of hydroxylamine groups is 2. The van der Waals surface area contributed by atoms with E-state index in [1.165, 1.54) is 55.6 Å². The fourth-order valence-electron chi connectivity index (χ4n) is 2.67. The predicted octanol–water partition coefficient (Wildman–Crippen LogP) is 4.87. The SMILES string of the molecule is C[C@H](CCCCC=CCCCCc1cccnc1)CN(C)O. The molecular formula is C19H32N2O. The predicted molar refractivity (Wildman–Crippen MR) is 93.0 cm³/mol. The second-order valence-electron chi connectivity index (χ2n) is 6.31. The minimum atomic E-state index is 0.575. The quantitative estimate of drug-likeness (QED) is 0.340. The lowest BCUT2D eigenvalue weighted by Crippen LogP contribution is -2.20. The van der Waals surface area contributed by atoms with Crippen LogP contribution in [0.25, 0.3) is 0 Å². The van der Waals surface area contributed by atoms with Crippen LogP contribution in [0.1, 0.15) is 57.4 Å². The second-order valence-corrected chi connectivity index (χ2v) is 6.31. The summed E-state index contributed by atoms with van der Waals surface area (Å²) in [5, 5.41) is 10.4. The fraction of sp³-hybridized carbons (Fsp3) is 0.632. The van der Waals surface area contributed by atoms with E-state index in [4.69, 9.17) is 5.21 Å². The van der Waals surface area contributed by atoms with Gasteiger partial charge in [-0.1, -0.05) is 31.6 Å². The van der Waals surface area contributed by atoms with Gasteiger partial charge in [0.2, 0.25) is 0 Å². The highest BCUT2D eigenvalue weighted by molar-refractivity contribution is 5.08. The second kappa shape index (κ2) is 12.4. The first-order chi connectivity index (χ1) is 10.7. The van der Waals surface area contributed by atoms with Crippen LogP contribution in [-0.4, -0.2) is 28.8 Å². The van der Waals surface area contributed by atoms with E-state index in [0.717, 1.165) is 13.0 Å². The summed E-state index contributed by atoms with van der Waals surface area (Å²) < 4.78 is 0. The van der Waals surface area contributed by atoms with E-state index >= 15 is 0 Å². The lowest BCUT2D eigenvalue weighted by molar-refractivity contribution is -0.0751. The van der Waals surface area contributed by atoms with Crippen LogP contribution < -0.4 is 0 Å². The summed E-state index contributed by atoms with van der Waals surface area (Å²) in [6.45, 7) is 2.97. The average Bonchev–Trinajstić information content (AvgIpc) is 2.49. The van der Waals surface area contributed by atoms with E-state index in [-0.39, 0.29) is 0 Å². The first kappa shape index (κ1) is 18.9. The Balaban J connectivity index is 1.90. The highest BCUT2D eigenvalue weighted by Gasteiger charge is 2.03. The molecule has 0 aliphatic carbocycles. The number of rotatable bonds is 12. The Hall–Kier alpha value is -1.19. The molecule has 0 amide bonds. The minimum absolute atomic E-state index is 0.575. The number of aryl methyl sites for hydroxylation is 1. The van der Waals surface area contributed by atoms with E-state index in [9.17, 15) is 0 Å². The summed E-state index contributed by atoms with van der Waals surface area (Å²) in [4.78, 5) is 4.14. The summed E-state index contributed by atoms with van der Waals surface area (Å²) in [5.41, 5.74) is 1.34. The first-order valence-corrected chi connectivity index (χ1v) is 8.62. The number of pyridine rings is 1. The number of hydrogen-bond acceptors (Lipinski definition) is 3. The summed E-state index contributed by atoms with van der Waals surface area (Å²) in [5.74, 6) is 0.575. The summed E-state index contributed by atoms with van der Waals surface area (Å²) in [6, 6.07) is 4.16. The van der Waals surface area contributed by atoms with E-state index in [1.807, 2.05) is 18.5 Å². The van der Waals surface area contributed by atoms with Gasteiger partial charge in [-0.25, -0.2) is 0 Å². The van der Waals surface area contributed by atoms with Gasteiger partial charge in [-0.15, -0.1) is 0 Å². The number of hydrogen-bond donors (Lipinski definition) is 1. The molecule has 3 nitrogen and oxygen atoms in total. The molecule has 1 atom stereocenters. The molecule has 0 aliphatic rings. The van der Waals surface area contributed by atoms with Crippen molar-refractivity contribution in [3.05, 3.63) is 42.2 Å². The maximum Gasteiger partial charge on any atom is 0.0299 e. The third-order valence-electron chi connectivity index (χ3n) is 3.87. The third kappa shape index (κ3) is 10.5. The normalized spacial score (nSPS) is 13.1. The lowest BCUT2D eigenvalue weighted by atomic mass is 10.0. The molecule has 1 rings (SSSR count). The van der Waals surface area contributed by atoms with Gasteiger partial charge < -0.3 is 5.21 Å². The van der Waals surface area contributed by atoms with Crippen molar-refractivity contribution in [1.82, 2.24) is 10.0 Å². The van der Waals surface area contributed by atoms with Gasteiger partial charge in [-0.3, -0.25) is 4.98 Å². The molecule has 0 bridgehead atoms. The Morgan fingerprint density at radius 3 is 2.55 bits per heavy atom. The summed E-state index contributed by atoms with van der Waals surface area (Å²) in [7, 11) is 1.72. The van der Waals surface area contributed by atoms with Crippen molar-refractivity contribution in [3.63, 3.8) is 0 Å². The van der Waals surface area contributed by atoms with Crippen LogP contribution in [0.2, 0.25) is 0 Å². The molecule has 0 saturated carbocycles.